The molecule has 116 valence electrons. The molecule has 1 aliphatic rings. The summed E-state index contributed by atoms with van der Waals surface area (Å²) in [6, 6.07) is 8.32. The van der Waals surface area contributed by atoms with Gasteiger partial charge in [0.2, 0.25) is 15.9 Å². The molecule has 1 aliphatic heterocycles. The standard InChI is InChI=1S/C15H22N2O3S/c1-16(21(2,19)20)14(13-9-5-3-6-10-13)15(18)17-11-7-4-8-12-17/h3,5-6,9-10,14H,4,7-8,11-12H2,1-2H3/t14-/m0/s1. The Morgan fingerprint density at radius 1 is 1.14 bits per heavy atom. The molecule has 5 nitrogen and oxygen atoms in total. The topological polar surface area (TPSA) is 57.7 Å². The molecule has 0 aromatic heterocycles. The zero-order valence-electron chi connectivity index (χ0n) is 12.5. The summed E-state index contributed by atoms with van der Waals surface area (Å²) < 4.78 is 24.9. The number of rotatable bonds is 4. The Bertz CT molecular complexity index is 580. The molecule has 2 rings (SSSR count). The maximum absolute atomic E-state index is 12.8. The molecule has 1 fully saturated rings. The first-order chi connectivity index (χ1) is 9.91. The molecule has 1 amide bonds. The van der Waals surface area contributed by atoms with Crippen LogP contribution in [-0.2, 0) is 14.8 Å². The van der Waals surface area contributed by atoms with Crippen LogP contribution in [0.3, 0.4) is 0 Å². The van der Waals surface area contributed by atoms with Crippen molar-refractivity contribution in [3.63, 3.8) is 0 Å². The first kappa shape index (κ1) is 16.0. The lowest BCUT2D eigenvalue weighted by Crippen LogP contribution is -2.45. The Labute approximate surface area is 126 Å². The molecule has 1 saturated heterocycles. The van der Waals surface area contributed by atoms with Gasteiger partial charge in [-0.15, -0.1) is 0 Å². The number of carbonyl (C=O) groups excluding carboxylic acids is 1. The van der Waals surface area contributed by atoms with Crippen LogP contribution in [0.15, 0.2) is 30.3 Å². The van der Waals surface area contributed by atoms with Gasteiger partial charge in [0.15, 0.2) is 0 Å². The van der Waals surface area contributed by atoms with Gasteiger partial charge in [0.1, 0.15) is 6.04 Å². The largest absolute Gasteiger partial charge is 0.341 e. The van der Waals surface area contributed by atoms with Crippen molar-refractivity contribution in [1.82, 2.24) is 9.21 Å². The summed E-state index contributed by atoms with van der Waals surface area (Å²) in [7, 11) is -1.98. The summed E-state index contributed by atoms with van der Waals surface area (Å²) in [6.45, 7) is 1.42. The average Bonchev–Trinajstić information content (AvgIpc) is 2.48. The molecule has 0 spiro atoms. The lowest BCUT2D eigenvalue weighted by molar-refractivity contribution is -0.136. The third-order valence-corrected chi connectivity index (χ3v) is 5.16. The summed E-state index contributed by atoms with van der Waals surface area (Å²) in [4.78, 5) is 14.6. The number of amides is 1. The van der Waals surface area contributed by atoms with Crippen LogP contribution in [0.5, 0.6) is 0 Å². The van der Waals surface area contributed by atoms with Crippen LogP contribution in [0.1, 0.15) is 30.9 Å². The van der Waals surface area contributed by atoms with Gasteiger partial charge in [-0.25, -0.2) is 8.42 Å². The Balaban J connectivity index is 2.34. The third kappa shape index (κ3) is 3.83. The van der Waals surface area contributed by atoms with Crippen molar-refractivity contribution >= 4 is 15.9 Å². The molecule has 1 atom stereocenters. The molecule has 0 bridgehead atoms. The Kier molecular flexibility index (Phi) is 5.00. The van der Waals surface area contributed by atoms with Crippen molar-refractivity contribution in [3.05, 3.63) is 35.9 Å². The van der Waals surface area contributed by atoms with Crippen molar-refractivity contribution in [2.45, 2.75) is 25.3 Å². The van der Waals surface area contributed by atoms with E-state index in [1.165, 1.54) is 11.4 Å². The van der Waals surface area contributed by atoms with E-state index in [1.54, 1.807) is 17.0 Å². The van der Waals surface area contributed by atoms with Gasteiger partial charge in [0, 0.05) is 20.1 Å². The fourth-order valence-electron chi connectivity index (χ4n) is 2.62. The van der Waals surface area contributed by atoms with E-state index in [2.05, 4.69) is 0 Å². The van der Waals surface area contributed by atoms with Crippen LogP contribution in [-0.4, -0.2) is 49.9 Å². The molecular formula is C15H22N2O3S. The van der Waals surface area contributed by atoms with E-state index < -0.39 is 16.1 Å². The maximum atomic E-state index is 12.8. The molecule has 0 N–H and O–H groups in total. The number of carbonyl (C=O) groups is 1. The molecule has 1 aromatic rings. The van der Waals surface area contributed by atoms with E-state index in [1.807, 2.05) is 18.2 Å². The highest BCUT2D eigenvalue weighted by Gasteiger charge is 2.34. The highest BCUT2D eigenvalue weighted by Crippen LogP contribution is 2.25. The number of likely N-dealkylation sites (N-methyl/N-ethyl adjacent to an activating group) is 1. The third-order valence-electron chi connectivity index (χ3n) is 3.90. The number of sulfonamides is 1. The molecule has 1 heterocycles. The van der Waals surface area contributed by atoms with Crippen LogP contribution in [0.4, 0.5) is 0 Å². The minimum absolute atomic E-state index is 0.131. The second-order valence-electron chi connectivity index (χ2n) is 5.48. The van der Waals surface area contributed by atoms with Gasteiger partial charge in [-0.05, 0) is 24.8 Å². The van der Waals surface area contributed by atoms with E-state index in [9.17, 15) is 13.2 Å². The maximum Gasteiger partial charge on any atom is 0.245 e. The van der Waals surface area contributed by atoms with Crippen molar-refractivity contribution in [1.29, 1.82) is 0 Å². The van der Waals surface area contributed by atoms with Gasteiger partial charge >= 0.3 is 0 Å². The number of piperidine rings is 1. The fraction of sp³-hybridized carbons (Fsp3) is 0.533. The SMILES string of the molecule is CN([C@H](C(=O)N1CCCCC1)c1ccccc1)S(C)(=O)=O. The Morgan fingerprint density at radius 2 is 1.71 bits per heavy atom. The second-order valence-corrected chi connectivity index (χ2v) is 7.52. The van der Waals surface area contributed by atoms with Gasteiger partial charge in [-0.3, -0.25) is 4.79 Å². The quantitative estimate of drug-likeness (QED) is 0.849. The molecule has 1 aromatic carbocycles. The highest BCUT2D eigenvalue weighted by atomic mass is 32.2. The summed E-state index contributed by atoms with van der Waals surface area (Å²) in [5.74, 6) is -0.131. The van der Waals surface area contributed by atoms with Crippen molar-refractivity contribution in [2.24, 2.45) is 0 Å². The van der Waals surface area contributed by atoms with Gasteiger partial charge in [-0.2, -0.15) is 4.31 Å². The molecule has 0 unspecified atom stereocenters. The highest BCUT2D eigenvalue weighted by molar-refractivity contribution is 7.88. The van der Waals surface area contributed by atoms with Gasteiger partial charge < -0.3 is 4.90 Å². The number of benzene rings is 1. The number of hydrogen-bond acceptors (Lipinski definition) is 3. The average molecular weight is 310 g/mol. The van der Waals surface area contributed by atoms with Gasteiger partial charge in [0.05, 0.1) is 6.26 Å². The van der Waals surface area contributed by atoms with E-state index in [0.717, 1.165) is 25.5 Å². The van der Waals surface area contributed by atoms with Crippen LogP contribution < -0.4 is 0 Å². The van der Waals surface area contributed by atoms with Crippen LogP contribution in [0.25, 0.3) is 0 Å². The van der Waals surface area contributed by atoms with E-state index in [0.29, 0.717) is 18.7 Å². The Morgan fingerprint density at radius 3 is 2.24 bits per heavy atom. The van der Waals surface area contributed by atoms with E-state index in [-0.39, 0.29) is 5.91 Å². The van der Waals surface area contributed by atoms with Crippen molar-refractivity contribution in [3.8, 4) is 0 Å². The van der Waals surface area contributed by atoms with Gasteiger partial charge in [0.25, 0.3) is 0 Å². The fourth-order valence-corrected chi connectivity index (χ4v) is 3.22. The smallest absolute Gasteiger partial charge is 0.245 e. The lowest BCUT2D eigenvalue weighted by atomic mass is 10.0. The zero-order valence-corrected chi connectivity index (χ0v) is 13.3. The van der Waals surface area contributed by atoms with E-state index >= 15 is 0 Å². The molecule has 21 heavy (non-hydrogen) atoms. The minimum Gasteiger partial charge on any atom is -0.341 e. The molecular weight excluding hydrogens is 288 g/mol. The molecule has 0 saturated carbocycles. The van der Waals surface area contributed by atoms with Crippen molar-refractivity contribution < 1.29 is 13.2 Å². The summed E-state index contributed by atoms with van der Waals surface area (Å²) in [6.07, 6.45) is 4.22. The van der Waals surface area contributed by atoms with Crippen LogP contribution in [0.2, 0.25) is 0 Å². The summed E-state index contributed by atoms with van der Waals surface area (Å²) in [5.41, 5.74) is 0.709. The molecule has 0 radical (unpaired) electrons. The minimum atomic E-state index is -3.45. The van der Waals surface area contributed by atoms with E-state index in [4.69, 9.17) is 0 Å². The van der Waals surface area contributed by atoms with Gasteiger partial charge in [-0.1, -0.05) is 30.3 Å². The summed E-state index contributed by atoms with van der Waals surface area (Å²) in [5, 5.41) is 0. The zero-order chi connectivity index (χ0) is 15.5. The Hall–Kier alpha value is -1.40. The van der Waals surface area contributed by atoms with Crippen molar-refractivity contribution in [2.75, 3.05) is 26.4 Å². The lowest BCUT2D eigenvalue weighted by Gasteiger charge is -2.33. The molecule has 6 heteroatoms. The predicted molar refractivity (Wildman–Crippen MR) is 82.2 cm³/mol. The number of nitrogens with zero attached hydrogens (tertiary/aromatic N) is 2. The normalized spacial score (nSPS) is 17.8. The van der Waals surface area contributed by atoms with Crippen LogP contribution in [0, 0.1) is 0 Å². The monoisotopic (exact) mass is 310 g/mol. The summed E-state index contributed by atoms with van der Waals surface area (Å²) >= 11 is 0. The number of hydrogen-bond donors (Lipinski definition) is 0. The molecule has 0 aliphatic carbocycles. The second kappa shape index (κ2) is 6.58. The first-order valence-electron chi connectivity index (χ1n) is 7.18. The first-order valence-corrected chi connectivity index (χ1v) is 9.03. The van der Waals surface area contributed by atoms with Crippen LogP contribution >= 0.6 is 0 Å². The number of likely N-dealkylation sites (tertiary alicyclic amines) is 1. The predicted octanol–water partition coefficient (Wildman–Crippen LogP) is 1.63.